The van der Waals surface area contributed by atoms with E-state index < -0.39 is 28.9 Å². The topological polar surface area (TPSA) is 122 Å². The summed E-state index contributed by atoms with van der Waals surface area (Å²) in [4.78, 5) is 35.8. The summed E-state index contributed by atoms with van der Waals surface area (Å²) in [6.45, 7) is 0. The summed E-state index contributed by atoms with van der Waals surface area (Å²) < 4.78 is 1.75. The van der Waals surface area contributed by atoms with Crippen LogP contribution in [-0.4, -0.2) is 31.9 Å². The molecule has 1 aromatic heterocycles. The van der Waals surface area contributed by atoms with Crippen LogP contribution in [-0.2, 0) is 0 Å². The standard InChI is InChI=1S/C18H11BrClN3O5/c19-9-1-4-11(5-2-9)23-15(25)8-14(24)16(22-23)17(26)21-10-3-6-13(20)12(7-10)18(27)28/h1-8,24H,(H,21,26)(H,27,28). The molecule has 0 radical (unpaired) electrons. The lowest BCUT2D eigenvalue weighted by Gasteiger charge is -2.10. The number of carboxylic acids is 1. The van der Waals surface area contributed by atoms with Crippen LogP contribution in [0, 0.1) is 0 Å². The number of aromatic nitrogens is 2. The summed E-state index contributed by atoms with van der Waals surface area (Å²) >= 11 is 9.08. The zero-order valence-corrected chi connectivity index (χ0v) is 16.2. The molecule has 0 spiro atoms. The van der Waals surface area contributed by atoms with Crippen molar-refractivity contribution >= 4 is 45.1 Å². The fourth-order valence-electron chi connectivity index (χ4n) is 2.33. The number of aromatic hydroxyl groups is 1. The fraction of sp³-hybridized carbons (Fsp3) is 0. The first kappa shape index (κ1) is 19.6. The third-order valence-electron chi connectivity index (χ3n) is 3.65. The average molecular weight is 465 g/mol. The Hall–Kier alpha value is -3.17. The Morgan fingerprint density at radius 1 is 1.11 bits per heavy atom. The van der Waals surface area contributed by atoms with Gasteiger partial charge in [0.05, 0.1) is 16.3 Å². The number of carbonyl (C=O) groups is 2. The molecule has 0 fully saturated rings. The highest BCUT2D eigenvalue weighted by Crippen LogP contribution is 2.22. The quantitative estimate of drug-likeness (QED) is 0.545. The van der Waals surface area contributed by atoms with Gasteiger partial charge in [0.25, 0.3) is 11.5 Å². The van der Waals surface area contributed by atoms with E-state index in [9.17, 15) is 19.5 Å². The van der Waals surface area contributed by atoms with E-state index in [0.717, 1.165) is 15.2 Å². The van der Waals surface area contributed by atoms with Crippen LogP contribution in [0.5, 0.6) is 5.75 Å². The monoisotopic (exact) mass is 463 g/mol. The van der Waals surface area contributed by atoms with Crippen molar-refractivity contribution in [3.8, 4) is 11.4 Å². The maximum atomic E-state index is 12.5. The molecule has 3 N–H and O–H groups in total. The molecule has 28 heavy (non-hydrogen) atoms. The molecule has 0 saturated carbocycles. The number of carbonyl (C=O) groups excluding carboxylic acids is 1. The molecule has 0 aliphatic rings. The van der Waals surface area contributed by atoms with Crippen molar-refractivity contribution in [3.05, 3.63) is 79.6 Å². The van der Waals surface area contributed by atoms with Gasteiger partial charge in [0.1, 0.15) is 0 Å². The third-order valence-corrected chi connectivity index (χ3v) is 4.51. The predicted molar refractivity (Wildman–Crippen MR) is 106 cm³/mol. The first-order valence-corrected chi connectivity index (χ1v) is 8.87. The normalized spacial score (nSPS) is 10.5. The van der Waals surface area contributed by atoms with Gasteiger partial charge in [0.15, 0.2) is 11.4 Å². The van der Waals surface area contributed by atoms with Crippen molar-refractivity contribution in [1.82, 2.24) is 9.78 Å². The molecular weight excluding hydrogens is 454 g/mol. The number of anilines is 1. The molecule has 0 aliphatic carbocycles. The summed E-state index contributed by atoms with van der Waals surface area (Å²) in [5, 5.41) is 25.4. The molecule has 3 rings (SSSR count). The van der Waals surface area contributed by atoms with Crippen molar-refractivity contribution in [2.45, 2.75) is 0 Å². The minimum atomic E-state index is -1.26. The van der Waals surface area contributed by atoms with E-state index in [2.05, 4.69) is 26.3 Å². The predicted octanol–water partition coefficient (Wildman–Crippen LogP) is 3.30. The molecule has 142 valence electrons. The smallest absolute Gasteiger partial charge is 0.337 e. The van der Waals surface area contributed by atoms with Gasteiger partial charge in [0, 0.05) is 16.2 Å². The first-order chi connectivity index (χ1) is 13.3. The molecule has 1 heterocycles. The van der Waals surface area contributed by atoms with E-state index in [1.165, 1.54) is 18.2 Å². The van der Waals surface area contributed by atoms with Gasteiger partial charge in [-0.25, -0.2) is 4.79 Å². The van der Waals surface area contributed by atoms with Crippen molar-refractivity contribution in [2.24, 2.45) is 0 Å². The van der Waals surface area contributed by atoms with Crippen LogP contribution in [0.2, 0.25) is 5.02 Å². The van der Waals surface area contributed by atoms with Gasteiger partial charge in [-0.2, -0.15) is 9.78 Å². The molecule has 2 aromatic carbocycles. The van der Waals surface area contributed by atoms with Gasteiger partial charge >= 0.3 is 5.97 Å². The fourth-order valence-corrected chi connectivity index (χ4v) is 2.80. The first-order valence-electron chi connectivity index (χ1n) is 7.70. The molecule has 0 unspecified atom stereocenters. The molecule has 3 aromatic rings. The third kappa shape index (κ3) is 4.05. The number of hydrogen-bond donors (Lipinski definition) is 3. The number of rotatable bonds is 4. The number of carboxylic acid groups (broad SMARTS) is 1. The Morgan fingerprint density at radius 2 is 1.79 bits per heavy atom. The Morgan fingerprint density at radius 3 is 2.43 bits per heavy atom. The maximum absolute atomic E-state index is 12.5. The summed E-state index contributed by atoms with van der Waals surface area (Å²) in [7, 11) is 0. The Labute approximate surface area is 171 Å². The second-order valence-electron chi connectivity index (χ2n) is 5.56. The summed E-state index contributed by atoms with van der Waals surface area (Å²) in [5.74, 6) is -2.70. The van der Waals surface area contributed by atoms with E-state index in [0.29, 0.717) is 5.69 Å². The van der Waals surface area contributed by atoms with Crippen molar-refractivity contribution in [2.75, 3.05) is 5.32 Å². The summed E-state index contributed by atoms with van der Waals surface area (Å²) in [5.41, 5.74) is -0.710. The van der Waals surface area contributed by atoms with Crippen LogP contribution in [0.15, 0.2) is 57.8 Å². The number of nitrogens with one attached hydrogen (secondary N) is 1. The Kier molecular flexibility index (Phi) is 5.48. The van der Waals surface area contributed by atoms with Crippen molar-refractivity contribution < 1.29 is 19.8 Å². The lowest BCUT2D eigenvalue weighted by molar-refractivity contribution is 0.0696. The minimum Gasteiger partial charge on any atom is -0.505 e. The molecule has 0 bridgehead atoms. The van der Waals surface area contributed by atoms with Gasteiger partial charge in [0.2, 0.25) is 0 Å². The van der Waals surface area contributed by atoms with Gasteiger partial charge in [-0.3, -0.25) is 9.59 Å². The molecule has 8 nitrogen and oxygen atoms in total. The van der Waals surface area contributed by atoms with Crippen molar-refractivity contribution in [3.63, 3.8) is 0 Å². The molecule has 0 atom stereocenters. The van der Waals surface area contributed by atoms with E-state index in [1.54, 1.807) is 24.3 Å². The highest BCUT2D eigenvalue weighted by Gasteiger charge is 2.18. The van der Waals surface area contributed by atoms with E-state index in [1.807, 2.05) is 0 Å². The number of halogens is 2. The van der Waals surface area contributed by atoms with Crippen LogP contribution in [0.1, 0.15) is 20.8 Å². The number of benzene rings is 2. The second-order valence-corrected chi connectivity index (χ2v) is 6.88. The van der Waals surface area contributed by atoms with Crippen LogP contribution >= 0.6 is 27.5 Å². The van der Waals surface area contributed by atoms with Crippen LogP contribution in [0.3, 0.4) is 0 Å². The second kappa shape index (κ2) is 7.83. The largest absolute Gasteiger partial charge is 0.505 e. The number of hydrogen-bond acceptors (Lipinski definition) is 5. The Balaban J connectivity index is 1.97. The maximum Gasteiger partial charge on any atom is 0.337 e. The highest BCUT2D eigenvalue weighted by molar-refractivity contribution is 9.10. The van der Waals surface area contributed by atoms with E-state index in [-0.39, 0.29) is 16.3 Å². The molecular formula is C18H11BrClN3O5. The number of aromatic carboxylic acids is 1. The van der Waals surface area contributed by atoms with Gasteiger partial charge in [-0.15, -0.1) is 0 Å². The van der Waals surface area contributed by atoms with E-state index >= 15 is 0 Å². The van der Waals surface area contributed by atoms with Crippen LogP contribution in [0.4, 0.5) is 5.69 Å². The van der Waals surface area contributed by atoms with Gasteiger partial charge in [-0.05, 0) is 42.5 Å². The summed E-state index contributed by atoms with van der Waals surface area (Å²) in [6, 6.07) is 11.4. The van der Waals surface area contributed by atoms with Crippen LogP contribution in [0.25, 0.3) is 5.69 Å². The molecule has 0 saturated heterocycles. The summed E-state index contributed by atoms with van der Waals surface area (Å²) in [6.07, 6.45) is 0. The molecule has 10 heteroatoms. The number of nitrogens with zero attached hydrogens (tertiary/aromatic N) is 2. The van der Waals surface area contributed by atoms with Gasteiger partial charge < -0.3 is 15.5 Å². The molecule has 0 aliphatic heterocycles. The van der Waals surface area contributed by atoms with E-state index in [4.69, 9.17) is 16.7 Å². The minimum absolute atomic E-state index is 0.00950. The van der Waals surface area contributed by atoms with Gasteiger partial charge in [-0.1, -0.05) is 27.5 Å². The number of amides is 1. The van der Waals surface area contributed by atoms with Crippen molar-refractivity contribution in [1.29, 1.82) is 0 Å². The zero-order chi connectivity index (χ0) is 20.4. The van der Waals surface area contributed by atoms with Crippen LogP contribution < -0.4 is 10.9 Å². The zero-order valence-electron chi connectivity index (χ0n) is 13.9. The molecule has 1 amide bonds. The lowest BCUT2D eigenvalue weighted by atomic mass is 10.2. The Bertz CT molecular complexity index is 1140. The lowest BCUT2D eigenvalue weighted by Crippen LogP contribution is -2.25. The SMILES string of the molecule is O=C(O)c1cc(NC(=O)c2nn(-c3ccc(Br)cc3)c(=O)cc2O)ccc1Cl. The average Bonchev–Trinajstić information content (AvgIpc) is 2.64. The highest BCUT2D eigenvalue weighted by atomic mass is 79.9.